The van der Waals surface area contributed by atoms with Crippen LogP contribution < -0.4 is 0 Å². The second-order valence-corrected chi connectivity index (χ2v) is 6.51. The van der Waals surface area contributed by atoms with Gasteiger partial charge in [-0.3, -0.25) is 0 Å². The van der Waals surface area contributed by atoms with Gasteiger partial charge in [0.25, 0.3) is 0 Å². The van der Waals surface area contributed by atoms with Crippen LogP contribution in [0.25, 0.3) is 0 Å². The molecule has 86 valence electrons. The van der Waals surface area contributed by atoms with E-state index < -0.39 is 0 Å². The number of alkyl halides is 1. The second kappa shape index (κ2) is 4.14. The summed E-state index contributed by atoms with van der Waals surface area (Å²) in [6, 6.07) is 6.99. The molecule has 0 heterocycles. The van der Waals surface area contributed by atoms with Crippen molar-refractivity contribution in [2.45, 2.75) is 30.5 Å². The average Bonchev–Trinajstić information content (AvgIpc) is 2.86. The predicted molar refractivity (Wildman–Crippen MR) is 67.1 cm³/mol. The minimum Gasteiger partial charge on any atom is -0.207 e. The van der Waals surface area contributed by atoms with Crippen molar-refractivity contribution in [2.24, 2.45) is 17.8 Å². The Kier molecular flexibility index (Phi) is 2.78. The lowest BCUT2D eigenvalue weighted by Gasteiger charge is -2.19. The molecule has 1 aromatic carbocycles. The molecule has 0 nitrogen and oxygen atoms in total. The Morgan fingerprint density at radius 2 is 2.00 bits per heavy atom. The van der Waals surface area contributed by atoms with Gasteiger partial charge in [0.1, 0.15) is 5.82 Å². The van der Waals surface area contributed by atoms with Gasteiger partial charge < -0.3 is 0 Å². The summed E-state index contributed by atoms with van der Waals surface area (Å²) in [6.45, 7) is 0. The van der Waals surface area contributed by atoms with Crippen molar-refractivity contribution >= 4 is 15.9 Å². The van der Waals surface area contributed by atoms with E-state index in [2.05, 4.69) is 15.9 Å². The Bertz CT molecular complexity index is 380. The summed E-state index contributed by atoms with van der Waals surface area (Å²) in [5.41, 5.74) is 1.11. The standard InChI is InChI=1S/C14H16BrF/c15-14(12-7-10-6-11(10)8-12)5-9-2-1-3-13(16)4-9/h1-4,10-12,14H,5-8H2. The van der Waals surface area contributed by atoms with Gasteiger partial charge in [0, 0.05) is 4.83 Å². The van der Waals surface area contributed by atoms with E-state index in [0.29, 0.717) is 4.83 Å². The molecule has 0 saturated heterocycles. The third-order valence-corrected chi connectivity index (χ3v) is 5.18. The molecule has 2 heteroatoms. The third-order valence-electron chi connectivity index (χ3n) is 4.11. The minimum absolute atomic E-state index is 0.119. The molecule has 16 heavy (non-hydrogen) atoms. The molecule has 0 spiro atoms. The molecule has 0 bridgehead atoms. The number of fused-ring (bicyclic) bond motifs is 1. The maximum Gasteiger partial charge on any atom is 0.123 e. The van der Waals surface area contributed by atoms with E-state index in [4.69, 9.17) is 0 Å². The van der Waals surface area contributed by atoms with Crippen LogP contribution in [0, 0.1) is 23.6 Å². The second-order valence-electron chi connectivity index (χ2n) is 5.34. The van der Waals surface area contributed by atoms with E-state index in [0.717, 1.165) is 29.7 Å². The fourth-order valence-electron chi connectivity index (χ4n) is 3.11. The van der Waals surface area contributed by atoms with Crippen LogP contribution in [0.1, 0.15) is 24.8 Å². The van der Waals surface area contributed by atoms with E-state index in [9.17, 15) is 4.39 Å². The van der Waals surface area contributed by atoms with Gasteiger partial charge in [0.05, 0.1) is 0 Å². The van der Waals surface area contributed by atoms with Crippen LogP contribution in [-0.4, -0.2) is 4.83 Å². The van der Waals surface area contributed by atoms with Gasteiger partial charge >= 0.3 is 0 Å². The number of halogens is 2. The van der Waals surface area contributed by atoms with Gasteiger partial charge in [-0.1, -0.05) is 28.1 Å². The first-order chi connectivity index (χ1) is 7.72. The highest BCUT2D eigenvalue weighted by atomic mass is 79.9. The van der Waals surface area contributed by atoms with E-state index in [1.54, 1.807) is 12.1 Å². The van der Waals surface area contributed by atoms with Crippen LogP contribution in [-0.2, 0) is 6.42 Å². The quantitative estimate of drug-likeness (QED) is 0.730. The molecule has 2 saturated carbocycles. The van der Waals surface area contributed by atoms with Gasteiger partial charge in [0.15, 0.2) is 0 Å². The zero-order chi connectivity index (χ0) is 11.1. The first kappa shape index (κ1) is 10.8. The molecule has 0 amide bonds. The molecular weight excluding hydrogens is 267 g/mol. The van der Waals surface area contributed by atoms with Crippen LogP contribution in [0.15, 0.2) is 24.3 Å². The predicted octanol–water partition coefficient (Wildman–Crippen LogP) is 4.18. The first-order valence-corrected chi connectivity index (χ1v) is 7.02. The number of hydrogen-bond acceptors (Lipinski definition) is 0. The Balaban J connectivity index is 1.61. The number of benzene rings is 1. The van der Waals surface area contributed by atoms with Crippen molar-refractivity contribution in [1.82, 2.24) is 0 Å². The minimum atomic E-state index is -0.119. The van der Waals surface area contributed by atoms with Crippen LogP contribution in [0.5, 0.6) is 0 Å². The Hall–Kier alpha value is -0.370. The summed E-state index contributed by atoms with van der Waals surface area (Å²) in [5, 5.41) is 0. The summed E-state index contributed by atoms with van der Waals surface area (Å²) in [6.07, 6.45) is 5.20. The Morgan fingerprint density at radius 3 is 2.69 bits per heavy atom. The van der Waals surface area contributed by atoms with Crippen LogP contribution in [0.4, 0.5) is 4.39 Å². The van der Waals surface area contributed by atoms with Crippen molar-refractivity contribution in [3.8, 4) is 0 Å². The average molecular weight is 283 g/mol. The van der Waals surface area contributed by atoms with Crippen LogP contribution >= 0.6 is 15.9 Å². The van der Waals surface area contributed by atoms with Crippen molar-refractivity contribution < 1.29 is 4.39 Å². The summed E-state index contributed by atoms with van der Waals surface area (Å²) >= 11 is 3.79. The van der Waals surface area contributed by atoms with Crippen molar-refractivity contribution in [1.29, 1.82) is 0 Å². The molecule has 2 aliphatic carbocycles. The summed E-state index contributed by atoms with van der Waals surface area (Å²) in [5.74, 6) is 2.74. The molecule has 2 fully saturated rings. The van der Waals surface area contributed by atoms with Crippen LogP contribution in [0.3, 0.4) is 0 Å². The van der Waals surface area contributed by atoms with Crippen LogP contribution in [0.2, 0.25) is 0 Å². The van der Waals surface area contributed by atoms with E-state index in [-0.39, 0.29) is 5.82 Å². The molecule has 0 aromatic heterocycles. The lowest BCUT2D eigenvalue weighted by atomic mass is 9.95. The van der Waals surface area contributed by atoms with Crippen molar-refractivity contribution in [2.75, 3.05) is 0 Å². The molecule has 3 atom stereocenters. The number of rotatable bonds is 3. The highest BCUT2D eigenvalue weighted by Gasteiger charge is 2.47. The first-order valence-electron chi connectivity index (χ1n) is 6.11. The summed E-state index contributed by atoms with van der Waals surface area (Å²) < 4.78 is 13.0. The van der Waals surface area contributed by atoms with E-state index in [1.165, 1.54) is 25.3 Å². The highest BCUT2D eigenvalue weighted by Crippen LogP contribution is 2.56. The Morgan fingerprint density at radius 1 is 1.25 bits per heavy atom. The topological polar surface area (TPSA) is 0 Å². The largest absolute Gasteiger partial charge is 0.207 e. The van der Waals surface area contributed by atoms with E-state index >= 15 is 0 Å². The molecule has 2 aliphatic rings. The normalized spacial score (nSPS) is 33.5. The lowest BCUT2D eigenvalue weighted by molar-refractivity contribution is 0.470. The molecule has 3 unspecified atom stereocenters. The van der Waals surface area contributed by atoms with Gasteiger partial charge in [-0.2, -0.15) is 0 Å². The lowest BCUT2D eigenvalue weighted by Crippen LogP contribution is -2.15. The molecular formula is C14H16BrF. The van der Waals surface area contributed by atoms with Gasteiger partial charge in [-0.15, -0.1) is 0 Å². The smallest absolute Gasteiger partial charge is 0.123 e. The molecule has 0 radical (unpaired) electrons. The zero-order valence-corrected chi connectivity index (χ0v) is 10.8. The molecule has 0 N–H and O–H groups in total. The highest BCUT2D eigenvalue weighted by molar-refractivity contribution is 9.09. The fourth-order valence-corrected chi connectivity index (χ4v) is 3.92. The van der Waals surface area contributed by atoms with Gasteiger partial charge in [-0.05, 0) is 61.1 Å². The molecule has 1 aromatic rings. The molecule has 3 rings (SSSR count). The SMILES string of the molecule is Fc1cccc(CC(Br)C2CC3CC3C2)c1. The molecule has 0 aliphatic heterocycles. The van der Waals surface area contributed by atoms with Crippen molar-refractivity contribution in [3.63, 3.8) is 0 Å². The monoisotopic (exact) mass is 282 g/mol. The summed E-state index contributed by atoms with van der Waals surface area (Å²) in [7, 11) is 0. The van der Waals surface area contributed by atoms with Gasteiger partial charge in [-0.25, -0.2) is 4.39 Å². The Labute approximate surface area is 104 Å². The fraction of sp³-hybridized carbons (Fsp3) is 0.571. The summed E-state index contributed by atoms with van der Waals surface area (Å²) in [4.78, 5) is 0.530. The third kappa shape index (κ3) is 2.17. The maximum atomic E-state index is 13.0. The van der Waals surface area contributed by atoms with Gasteiger partial charge in [0.2, 0.25) is 0 Å². The van der Waals surface area contributed by atoms with E-state index in [1.807, 2.05) is 6.07 Å². The number of hydrogen-bond donors (Lipinski definition) is 0. The maximum absolute atomic E-state index is 13.0. The van der Waals surface area contributed by atoms with Crippen molar-refractivity contribution in [3.05, 3.63) is 35.6 Å². The zero-order valence-electron chi connectivity index (χ0n) is 9.20.